The maximum Gasteiger partial charge on any atom is 0.148 e. The fourth-order valence-electron chi connectivity index (χ4n) is 1.12. The minimum absolute atomic E-state index is 0.430. The molecule has 1 heterocycles. The fourth-order valence-corrected chi connectivity index (χ4v) is 1.61. The SMILES string of the molecule is Clc1cnc2ccc(CBr)cc2n1. The highest BCUT2D eigenvalue weighted by molar-refractivity contribution is 9.08. The number of halogens is 2. The van der Waals surface area contributed by atoms with E-state index in [4.69, 9.17) is 11.6 Å². The van der Waals surface area contributed by atoms with Crippen LogP contribution in [0.5, 0.6) is 0 Å². The summed E-state index contributed by atoms with van der Waals surface area (Å²) in [6.45, 7) is 0. The van der Waals surface area contributed by atoms with Gasteiger partial charge in [0.15, 0.2) is 0 Å². The monoisotopic (exact) mass is 256 g/mol. The standard InChI is InChI=1S/C9H6BrClN2/c10-4-6-1-2-7-8(3-6)13-9(11)5-12-7/h1-3,5H,4H2. The minimum Gasteiger partial charge on any atom is -0.251 e. The molecule has 0 aliphatic heterocycles. The third kappa shape index (κ3) is 1.81. The van der Waals surface area contributed by atoms with Gasteiger partial charge in [0.1, 0.15) is 5.15 Å². The Labute approximate surface area is 89.1 Å². The predicted octanol–water partition coefficient (Wildman–Crippen LogP) is 3.18. The normalized spacial score (nSPS) is 10.6. The Balaban J connectivity index is 2.68. The summed E-state index contributed by atoms with van der Waals surface area (Å²) in [6, 6.07) is 5.93. The molecule has 0 spiro atoms. The molecule has 0 aliphatic rings. The molecule has 2 aromatic rings. The molecule has 66 valence electrons. The van der Waals surface area contributed by atoms with Crippen molar-refractivity contribution >= 4 is 38.6 Å². The first-order chi connectivity index (χ1) is 6.29. The van der Waals surface area contributed by atoms with E-state index in [0.29, 0.717) is 5.15 Å². The van der Waals surface area contributed by atoms with Gasteiger partial charge in [-0.2, -0.15) is 0 Å². The van der Waals surface area contributed by atoms with Crippen LogP contribution in [0.25, 0.3) is 11.0 Å². The molecule has 0 fully saturated rings. The summed E-state index contributed by atoms with van der Waals surface area (Å²) in [5, 5.41) is 1.25. The average Bonchev–Trinajstić information content (AvgIpc) is 2.16. The van der Waals surface area contributed by atoms with Gasteiger partial charge in [0.2, 0.25) is 0 Å². The molecule has 4 heteroatoms. The van der Waals surface area contributed by atoms with Gasteiger partial charge in [-0.3, -0.25) is 4.98 Å². The molecule has 0 saturated carbocycles. The lowest BCUT2D eigenvalue weighted by atomic mass is 10.2. The molecular weight excluding hydrogens is 251 g/mol. The Morgan fingerprint density at radius 3 is 2.92 bits per heavy atom. The van der Waals surface area contributed by atoms with Gasteiger partial charge in [0, 0.05) is 5.33 Å². The van der Waals surface area contributed by atoms with E-state index in [1.165, 1.54) is 5.56 Å². The van der Waals surface area contributed by atoms with Crippen LogP contribution in [0.2, 0.25) is 5.15 Å². The number of aromatic nitrogens is 2. The summed E-state index contributed by atoms with van der Waals surface area (Å²) in [7, 11) is 0. The van der Waals surface area contributed by atoms with Crippen molar-refractivity contribution in [2.45, 2.75) is 5.33 Å². The zero-order chi connectivity index (χ0) is 9.26. The molecule has 0 N–H and O–H groups in total. The van der Waals surface area contributed by atoms with Crippen LogP contribution in [0.1, 0.15) is 5.56 Å². The number of alkyl halides is 1. The van der Waals surface area contributed by atoms with Crippen LogP contribution in [-0.2, 0) is 5.33 Å². The van der Waals surface area contributed by atoms with Gasteiger partial charge < -0.3 is 0 Å². The second-order valence-corrected chi connectivity index (χ2v) is 3.60. The largest absolute Gasteiger partial charge is 0.251 e. The maximum atomic E-state index is 5.73. The van der Waals surface area contributed by atoms with E-state index in [-0.39, 0.29) is 0 Å². The summed E-state index contributed by atoms with van der Waals surface area (Å²) in [4.78, 5) is 8.31. The van der Waals surface area contributed by atoms with Crippen molar-refractivity contribution in [2.24, 2.45) is 0 Å². The van der Waals surface area contributed by atoms with Crippen LogP contribution in [-0.4, -0.2) is 9.97 Å². The number of fused-ring (bicyclic) bond motifs is 1. The molecule has 0 unspecified atom stereocenters. The molecule has 0 saturated heterocycles. The smallest absolute Gasteiger partial charge is 0.148 e. The lowest BCUT2D eigenvalue weighted by Crippen LogP contribution is -1.85. The Bertz CT molecular complexity index is 445. The van der Waals surface area contributed by atoms with Crippen LogP contribution in [0.15, 0.2) is 24.4 Å². The van der Waals surface area contributed by atoms with Gasteiger partial charge in [0.05, 0.1) is 17.2 Å². The summed E-state index contributed by atoms with van der Waals surface area (Å²) in [5.41, 5.74) is 2.88. The third-order valence-corrected chi connectivity index (χ3v) is 2.56. The fraction of sp³-hybridized carbons (Fsp3) is 0.111. The molecule has 1 aromatic carbocycles. The van der Waals surface area contributed by atoms with Gasteiger partial charge in [-0.05, 0) is 17.7 Å². The Kier molecular flexibility index (Phi) is 2.47. The number of hydrogen-bond donors (Lipinski definition) is 0. The van der Waals surface area contributed by atoms with E-state index < -0.39 is 0 Å². The van der Waals surface area contributed by atoms with Crippen molar-refractivity contribution < 1.29 is 0 Å². The van der Waals surface area contributed by atoms with Crippen molar-refractivity contribution in [1.82, 2.24) is 9.97 Å². The number of hydrogen-bond acceptors (Lipinski definition) is 2. The van der Waals surface area contributed by atoms with E-state index in [9.17, 15) is 0 Å². The zero-order valence-electron chi connectivity index (χ0n) is 6.67. The molecule has 0 radical (unpaired) electrons. The van der Waals surface area contributed by atoms with Crippen molar-refractivity contribution in [3.05, 3.63) is 35.1 Å². The molecular formula is C9H6BrClN2. The van der Waals surface area contributed by atoms with E-state index in [1.807, 2.05) is 18.2 Å². The molecule has 2 rings (SSSR count). The van der Waals surface area contributed by atoms with Crippen molar-refractivity contribution in [3.63, 3.8) is 0 Å². The first-order valence-electron chi connectivity index (χ1n) is 3.77. The predicted molar refractivity (Wildman–Crippen MR) is 57.2 cm³/mol. The summed E-state index contributed by atoms with van der Waals surface area (Å²) in [5.74, 6) is 0. The second kappa shape index (κ2) is 3.60. The highest BCUT2D eigenvalue weighted by Gasteiger charge is 1.98. The van der Waals surface area contributed by atoms with E-state index in [0.717, 1.165) is 16.4 Å². The molecule has 2 nitrogen and oxygen atoms in total. The summed E-state index contributed by atoms with van der Waals surface area (Å²) in [6.07, 6.45) is 1.55. The molecule has 0 amide bonds. The number of nitrogens with zero attached hydrogens (tertiary/aromatic N) is 2. The summed E-state index contributed by atoms with van der Waals surface area (Å²) < 4.78 is 0. The van der Waals surface area contributed by atoms with Crippen molar-refractivity contribution in [1.29, 1.82) is 0 Å². The minimum atomic E-state index is 0.430. The second-order valence-electron chi connectivity index (χ2n) is 2.65. The Morgan fingerprint density at radius 2 is 2.15 bits per heavy atom. The molecule has 0 aliphatic carbocycles. The molecule has 0 bridgehead atoms. The van der Waals surface area contributed by atoms with Gasteiger partial charge in [-0.1, -0.05) is 33.6 Å². The lowest BCUT2D eigenvalue weighted by molar-refractivity contribution is 1.28. The van der Waals surface area contributed by atoms with E-state index in [1.54, 1.807) is 6.20 Å². The highest BCUT2D eigenvalue weighted by Crippen LogP contribution is 2.15. The van der Waals surface area contributed by atoms with E-state index in [2.05, 4.69) is 25.9 Å². The molecule has 1 aromatic heterocycles. The zero-order valence-corrected chi connectivity index (χ0v) is 9.01. The molecule has 0 atom stereocenters. The average molecular weight is 258 g/mol. The Morgan fingerprint density at radius 1 is 1.31 bits per heavy atom. The van der Waals surface area contributed by atoms with Gasteiger partial charge in [0.25, 0.3) is 0 Å². The first kappa shape index (κ1) is 8.91. The van der Waals surface area contributed by atoms with Crippen molar-refractivity contribution in [3.8, 4) is 0 Å². The van der Waals surface area contributed by atoms with Crippen LogP contribution < -0.4 is 0 Å². The number of benzene rings is 1. The topological polar surface area (TPSA) is 25.8 Å². The van der Waals surface area contributed by atoms with Gasteiger partial charge >= 0.3 is 0 Å². The quantitative estimate of drug-likeness (QED) is 0.733. The lowest BCUT2D eigenvalue weighted by Gasteiger charge is -1.98. The summed E-state index contributed by atoms with van der Waals surface area (Å²) >= 11 is 9.11. The van der Waals surface area contributed by atoms with Crippen LogP contribution >= 0.6 is 27.5 Å². The van der Waals surface area contributed by atoms with Crippen molar-refractivity contribution in [2.75, 3.05) is 0 Å². The van der Waals surface area contributed by atoms with Gasteiger partial charge in [-0.15, -0.1) is 0 Å². The van der Waals surface area contributed by atoms with E-state index >= 15 is 0 Å². The van der Waals surface area contributed by atoms with Crippen LogP contribution in [0.4, 0.5) is 0 Å². The van der Waals surface area contributed by atoms with Crippen LogP contribution in [0, 0.1) is 0 Å². The number of rotatable bonds is 1. The highest BCUT2D eigenvalue weighted by atomic mass is 79.9. The molecule has 13 heavy (non-hydrogen) atoms. The maximum absolute atomic E-state index is 5.73. The third-order valence-electron chi connectivity index (χ3n) is 1.73. The Hall–Kier alpha value is -0.670. The van der Waals surface area contributed by atoms with Crippen LogP contribution in [0.3, 0.4) is 0 Å². The first-order valence-corrected chi connectivity index (χ1v) is 5.26. The van der Waals surface area contributed by atoms with Gasteiger partial charge in [-0.25, -0.2) is 4.98 Å².